The van der Waals surface area contributed by atoms with Gasteiger partial charge in [-0.3, -0.25) is 0 Å². The van der Waals surface area contributed by atoms with E-state index in [1.807, 2.05) is 56.1 Å². The van der Waals surface area contributed by atoms with E-state index in [-0.39, 0.29) is 0 Å². The molecule has 0 aliphatic heterocycles. The Balaban J connectivity index is 1.96. The summed E-state index contributed by atoms with van der Waals surface area (Å²) in [7, 11) is 1.92. The smallest absolute Gasteiger partial charge is 0.207 e. The van der Waals surface area contributed by atoms with Gasteiger partial charge in [0, 0.05) is 13.6 Å². The highest BCUT2D eigenvalue weighted by molar-refractivity contribution is 5.51. The second-order valence-corrected chi connectivity index (χ2v) is 5.91. The Kier molecular flexibility index (Phi) is 4.30. The first-order valence-corrected chi connectivity index (χ1v) is 7.78. The molecule has 0 aliphatic rings. The third-order valence-electron chi connectivity index (χ3n) is 3.91. The second kappa shape index (κ2) is 6.55. The van der Waals surface area contributed by atoms with Crippen molar-refractivity contribution in [3.8, 4) is 11.8 Å². The lowest BCUT2D eigenvalue weighted by Crippen LogP contribution is -2.18. The predicted octanol–water partition coefficient (Wildman–Crippen LogP) is 3.39. The van der Waals surface area contributed by atoms with Crippen molar-refractivity contribution in [2.24, 2.45) is 0 Å². The van der Waals surface area contributed by atoms with E-state index < -0.39 is 0 Å². The average molecular weight is 317 g/mol. The van der Waals surface area contributed by atoms with Gasteiger partial charge in [0.2, 0.25) is 5.69 Å². The summed E-state index contributed by atoms with van der Waals surface area (Å²) in [6.07, 6.45) is 0. The lowest BCUT2D eigenvalue weighted by molar-refractivity contribution is 0.737. The molecule has 5 heteroatoms. The summed E-state index contributed by atoms with van der Waals surface area (Å²) in [6.45, 7) is 4.71. The molecule has 0 saturated heterocycles. The topological polar surface area (TPSA) is 57.7 Å². The van der Waals surface area contributed by atoms with Gasteiger partial charge in [0.1, 0.15) is 6.07 Å². The molecule has 1 aromatic heterocycles. The molecule has 24 heavy (non-hydrogen) atoms. The maximum atomic E-state index is 9.43. The van der Waals surface area contributed by atoms with Crippen LogP contribution in [0.15, 0.2) is 48.5 Å². The lowest BCUT2D eigenvalue weighted by Gasteiger charge is -2.16. The van der Waals surface area contributed by atoms with Crippen molar-refractivity contribution in [1.82, 2.24) is 15.0 Å². The van der Waals surface area contributed by atoms with Crippen LogP contribution in [0.1, 0.15) is 22.4 Å². The van der Waals surface area contributed by atoms with Crippen molar-refractivity contribution in [2.75, 3.05) is 11.9 Å². The number of anilines is 1. The Labute approximate surface area is 141 Å². The number of aromatic nitrogens is 3. The van der Waals surface area contributed by atoms with E-state index in [9.17, 15) is 5.26 Å². The van der Waals surface area contributed by atoms with E-state index in [0.717, 1.165) is 22.4 Å². The zero-order valence-corrected chi connectivity index (χ0v) is 14.1. The number of hydrogen-bond acceptors (Lipinski definition) is 4. The molecule has 120 valence electrons. The Morgan fingerprint density at radius 2 is 1.83 bits per heavy atom. The molecular weight excluding hydrogens is 298 g/mol. The largest absolute Gasteiger partial charge is 0.351 e. The van der Waals surface area contributed by atoms with E-state index in [1.54, 1.807) is 4.80 Å². The highest BCUT2D eigenvalue weighted by Crippen LogP contribution is 2.20. The molecule has 3 aromatic rings. The van der Waals surface area contributed by atoms with Gasteiger partial charge < -0.3 is 4.90 Å². The molecule has 0 aliphatic carbocycles. The minimum atomic E-state index is 0.328. The van der Waals surface area contributed by atoms with Crippen molar-refractivity contribution in [1.29, 1.82) is 5.26 Å². The van der Waals surface area contributed by atoms with Crippen molar-refractivity contribution in [3.63, 3.8) is 0 Å². The van der Waals surface area contributed by atoms with Crippen LogP contribution in [-0.2, 0) is 6.54 Å². The molecule has 5 nitrogen and oxygen atoms in total. The van der Waals surface area contributed by atoms with Gasteiger partial charge in [0.15, 0.2) is 5.82 Å². The van der Waals surface area contributed by atoms with E-state index in [1.165, 1.54) is 0 Å². The molecule has 0 radical (unpaired) electrons. The van der Waals surface area contributed by atoms with Gasteiger partial charge in [-0.05, 0) is 36.6 Å². The van der Waals surface area contributed by atoms with Crippen LogP contribution in [-0.4, -0.2) is 22.0 Å². The minimum Gasteiger partial charge on any atom is -0.351 e. The van der Waals surface area contributed by atoms with Crippen molar-refractivity contribution in [2.45, 2.75) is 20.4 Å². The molecular formula is C19H19N5. The molecule has 0 spiro atoms. The molecule has 0 N–H and O–H groups in total. The summed E-state index contributed by atoms with van der Waals surface area (Å²) in [6, 6.07) is 18.4. The number of rotatable bonds is 4. The number of nitriles is 1. The molecule has 0 saturated carbocycles. The second-order valence-electron chi connectivity index (χ2n) is 5.91. The van der Waals surface area contributed by atoms with E-state index >= 15 is 0 Å². The van der Waals surface area contributed by atoms with E-state index in [2.05, 4.69) is 34.5 Å². The zero-order chi connectivity index (χ0) is 17.1. The first-order valence-electron chi connectivity index (χ1n) is 7.78. The van der Waals surface area contributed by atoms with Crippen LogP contribution in [0.5, 0.6) is 0 Å². The quantitative estimate of drug-likeness (QED) is 0.740. The zero-order valence-electron chi connectivity index (χ0n) is 14.1. The van der Waals surface area contributed by atoms with Gasteiger partial charge >= 0.3 is 0 Å². The molecule has 1 heterocycles. The first kappa shape index (κ1) is 15.8. The van der Waals surface area contributed by atoms with Crippen LogP contribution in [0.25, 0.3) is 5.69 Å². The maximum absolute atomic E-state index is 9.43. The minimum absolute atomic E-state index is 0.328. The lowest BCUT2D eigenvalue weighted by atomic mass is 10.1. The van der Waals surface area contributed by atoms with Crippen LogP contribution in [0.4, 0.5) is 5.82 Å². The molecule has 0 fully saturated rings. The van der Waals surface area contributed by atoms with Crippen LogP contribution < -0.4 is 4.90 Å². The van der Waals surface area contributed by atoms with Gasteiger partial charge in [0.05, 0.1) is 5.69 Å². The van der Waals surface area contributed by atoms with Crippen LogP contribution >= 0.6 is 0 Å². The van der Waals surface area contributed by atoms with Gasteiger partial charge in [-0.2, -0.15) is 5.26 Å². The molecule has 2 aromatic carbocycles. The average Bonchev–Trinajstić information content (AvgIpc) is 3.02. The third kappa shape index (κ3) is 3.13. The fraction of sp³-hybridized carbons (Fsp3) is 0.211. The monoisotopic (exact) mass is 317 g/mol. The Bertz CT molecular complexity index is 890. The fourth-order valence-electron chi connectivity index (χ4n) is 2.60. The Morgan fingerprint density at radius 3 is 2.54 bits per heavy atom. The van der Waals surface area contributed by atoms with Gasteiger partial charge in [-0.25, -0.2) is 0 Å². The number of nitrogens with zero attached hydrogens (tertiary/aromatic N) is 5. The molecule has 0 amide bonds. The van der Waals surface area contributed by atoms with E-state index in [4.69, 9.17) is 0 Å². The van der Waals surface area contributed by atoms with E-state index in [0.29, 0.717) is 18.1 Å². The summed E-state index contributed by atoms with van der Waals surface area (Å²) in [4.78, 5) is 3.50. The van der Waals surface area contributed by atoms with Crippen LogP contribution in [0.2, 0.25) is 0 Å². The summed E-state index contributed by atoms with van der Waals surface area (Å²) < 4.78 is 0. The highest BCUT2D eigenvalue weighted by Gasteiger charge is 2.17. The maximum Gasteiger partial charge on any atom is 0.207 e. The summed E-state index contributed by atoms with van der Waals surface area (Å²) in [5.74, 6) is 0.585. The SMILES string of the molecule is Cc1ccc(C)c(-n2nc(C#N)c(N(C)Cc3ccccc3)n2)c1. The van der Waals surface area contributed by atoms with Crippen LogP contribution in [0.3, 0.4) is 0 Å². The molecule has 0 unspecified atom stereocenters. The standard InChI is InChI=1S/C19H19N5/c1-14-9-10-15(2)18(11-14)24-21-17(12-20)19(22-24)23(3)13-16-7-5-4-6-8-16/h4-11H,13H2,1-3H3. The van der Waals surface area contributed by atoms with Gasteiger partial charge in [0.25, 0.3) is 0 Å². The summed E-state index contributed by atoms with van der Waals surface area (Å²) >= 11 is 0. The predicted molar refractivity (Wildman–Crippen MR) is 94.1 cm³/mol. The summed E-state index contributed by atoms with van der Waals surface area (Å²) in [5.41, 5.74) is 4.58. The number of benzene rings is 2. The molecule has 0 bridgehead atoms. The number of aryl methyl sites for hydroxylation is 2. The third-order valence-corrected chi connectivity index (χ3v) is 3.91. The molecule has 3 rings (SSSR count). The van der Waals surface area contributed by atoms with Crippen molar-refractivity contribution >= 4 is 5.82 Å². The molecule has 0 atom stereocenters. The van der Waals surface area contributed by atoms with Crippen molar-refractivity contribution < 1.29 is 0 Å². The summed E-state index contributed by atoms with van der Waals surface area (Å²) in [5, 5.41) is 18.3. The van der Waals surface area contributed by atoms with Crippen molar-refractivity contribution in [3.05, 3.63) is 70.9 Å². The van der Waals surface area contributed by atoms with Gasteiger partial charge in [-0.15, -0.1) is 15.0 Å². The normalized spacial score (nSPS) is 10.4. The van der Waals surface area contributed by atoms with Gasteiger partial charge in [-0.1, -0.05) is 42.5 Å². The number of hydrogen-bond donors (Lipinski definition) is 0. The van der Waals surface area contributed by atoms with Crippen LogP contribution in [0, 0.1) is 25.2 Å². The Hall–Kier alpha value is -3.13. The highest BCUT2D eigenvalue weighted by atomic mass is 15.5. The Morgan fingerprint density at radius 1 is 1.08 bits per heavy atom. The fourth-order valence-corrected chi connectivity index (χ4v) is 2.60. The first-order chi connectivity index (χ1) is 11.6.